The lowest BCUT2D eigenvalue weighted by Crippen LogP contribution is -2.41. The molecule has 1 saturated heterocycles. The molecule has 0 amide bonds. The van der Waals surface area contributed by atoms with E-state index in [9.17, 15) is 0 Å². The smallest absolute Gasteiger partial charge is 0.0379 e. The van der Waals surface area contributed by atoms with Crippen LogP contribution in [0.1, 0.15) is 19.3 Å². The van der Waals surface area contributed by atoms with E-state index in [2.05, 4.69) is 35.2 Å². The van der Waals surface area contributed by atoms with Gasteiger partial charge in [-0.15, -0.1) is 23.4 Å². The first-order chi connectivity index (χ1) is 8.40. The molecule has 0 N–H and O–H groups in total. The van der Waals surface area contributed by atoms with Gasteiger partial charge in [0.05, 0.1) is 0 Å². The minimum atomic E-state index is 0.613. The van der Waals surface area contributed by atoms with Crippen LogP contribution >= 0.6 is 23.4 Å². The summed E-state index contributed by atoms with van der Waals surface area (Å²) in [6.07, 6.45) is 3.96. The van der Waals surface area contributed by atoms with E-state index in [4.69, 9.17) is 11.6 Å². The van der Waals surface area contributed by atoms with E-state index in [1.165, 1.54) is 30.7 Å². The van der Waals surface area contributed by atoms with E-state index in [-0.39, 0.29) is 0 Å². The van der Waals surface area contributed by atoms with Gasteiger partial charge < -0.3 is 0 Å². The Balaban J connectivity index is 1.74. The van der Waals surface area contributed by atoms with Gasteiger partial charge in [-0.2, -0.15) is 0 Å². The topological polar surface area (TPSA) is 3.24 Å². The summed E-state index contributed by atoms with van der Waals surface area (Å²) >= 11 is 7.96. The van der Waals surface area contributed by atoms with Crippen LogP contribution in [0.2, 0.25) is 0 Å². The molecule has 1 nitrogen and oxygen atoms in total. The van der Waals surface area contributed by atoms with Crippen LogP contribution in [0.4, 0.5) is 0 Å². The van der Waals surface area contributed by atoms with Gasteiger partial charge in [0.2, 0.25) is 0 Å². The quantitative estimate of drug-likeness (QED) is 0.590. The summed E-state index contributed by atoms with van der Waals surface area (Å²) in [6.45, 7) is 2.39. The van der Waals surface area contributed by atoms with E-state index in [1.807, 2.05) is 11.8 Å². The minimum absolute atomic E-state index is 0.613. The molecule has 1 aliphatic heterocycles. The fraction of sp³-hybridized carbons (Fsp3) is 0.571. The molecule has 1 unspecified atom stereocenters. The van der Waals surface area contributed by atoms with Gasteiger partial charge in [0.25, 0.3) is 0 Å². The van der Waals surface area contributed by atoms with Crippen molar-refractivity contribution in [2.45, 2.75) is 30.2 Å². The summed E-state index contributed by atoms with van der Waals surface area (Å²) in [5, 5.41) is 0. The Bertz CT molecular complexity index is 317. The lowest BCUT2D eigenvalue weighted by molar-refractivity contribution is 0.173. The van der Waals surface area contributed by atoms with Gasteiger partial charge in [-0.1, -0.05) is 24.6 Å². The first kappa shape index (κ1) is 13.3. The molecule has 1 atom stereocenters. The Hall–Kier alpha value is -0.180. The maximum absolute atomic E-state index is 6.02. The zero-order valence-corrected chi connectivity index (χ0v) is 11.7. The van der Waals surface area contributed by atoms with Crippen LogP contribution in [0.15, 0.2) is 35.2 Å². The van der Waals surface area contributed by atoms with Gasteiger partial charge in [-0.3, -0.25) is 4.90 Å². The third-order valence-corrected chi connectivity index (χ3v) is 4.67. The number of hydrogen-bond donors (Lipinski definition) is 0. The van der Waals surface area contributed by atoms with Crippen molar-refractivity contribution >= 4 is 23.4 Å². The second-order valence-electron chi connectivity index (χ2n) is 4.50. The van der Waals surface area contributed by atoms with Crippen LogP contribution in [0.5, 0.6) is 0 Å². The highest BCUT2D eigenvalue weighted by atomic mass is 35.5. The minimum Gasteiger partial charge on any atom is -0.298 e. The summed E-state index contributed by atoms with van der Waals surface area (Å²) in [5.74, 6) is 1.95. The van der Waals surface area contributed by atoms with Crippen LogP contribution in [0.3, 0.4) is 0 Å². The lowest BCUT2D eigenvalue weighted by atomic mass is 10.0. The average molecular weight is 270 g/mol. The van der Waals surface area contributed by atoms with Crippen LogP contribution in [0, 0.1) is 0 Å². The Kier molecular flexibility index (Phi) is 5.69. The fourth-order valence-electron chi connectivity index (χ4n) is 2.33. The standard InChI is InChI=1S/C14H20ClNS/c15-12-13-6-4-5-9-16(13)10-11-17-14-7-2-1-3-8-14/h1-3,7-8,13H,4-6,9-12H2. The van der Waals surface area contributed by atoms with Crippen molar-refractivity contribution in [1.82, 2.24) is 4.90 Å². The van der Waals surface area contributed by atoms with Gasteiger partial charge >= 0.3 is 0 Å². The summed E-state index contributed by atoms with van der Waals surface area (Å²) in [7, 11) is 0. The molecule has 0 aliphatic carbocycles. The fourth-order valence-corrected chi connectivity index (χ4v) is 3.59. The third-order valence-electron chi connectivity index (χ3n) is 3.32. The Morgan fingerprint density at radius 1 is 1.24 bits per heavy atom. The monoisotopic (exact) mass is 269 g/mol. The van der Waals surface area contributed by atoms with Gasteiger partial charge in [0, 0.05) is 29.1 Å². The molecule has 94 valence electrons. The van der Waals surface area contributed by atoms with Crippen LogP contribution in [-0.4, -0.2) is 35.7 Å². The molecule has 1 aromatic rings. The highest BCUT2D eigenvalue weighted by Crippen LogP contribution is 2.21. The average Bonchev–Trinajstić information content (AvgIpc) is 2.40. The van der Waals surface area contributed by atoms with Gasteiger partial charge in [-0.05, 0) is 31.5 Å². The number of benzene rings is 1. The second kappa shape index (κ2) is 7.30. The Morgan fingerprint density at radius 2 is 2.06 bits per heavy atom. The predicted octanol–water partition coefficient (Wildman–Crippen LogP) is 3.87. The molecule has 1 aromatic carbocycles. The molecule has 1 heterocycles. The maximum Gasteiger partial charge on any atom is 0.0379 e. The maximum atomic E-state index is 6.02. The number of nitrogens with zero attached hydrogens (tertiary/aromatic N) is 1. The number of hydrogen-bond acceptors (Lipinski definition) is 2. The van der Waals surface area contributed by atoms with Crippen LogP contribution in [-0.2, 0) is 0 Å². The SMILES string of the molecule is ClCC1CCCCN1CCSc1ccccc1. The first-order valence-electron chi connectivity index (χ1n) is 6.38. The van der Waals surface area contributed by atoms with Crippen molar-refractivity contribution < 1.29 is 0 Å². The summed E-state index contributed by atoms with van der Waals surface area (Å²) in [5.41, 5.74) is 0. The molecule has 0 radical (unpaired) electrons. The highest BCUT2D eigenvalue weighted by Gasteiger charge is 2.20. The van der Waals surface area contributed by atoms with E-state index < -0.39 is 0 Å². The van der Waals surface area contributed by atoms with Crippen molar-refractivity contribution in [1.29, 1.82) is 0 Å². The zero-order valence-electron chi connectivity index (χ0n) is 10.1. The molecule has 3 heteroatoms. The largest absolute Gasteiger partial charge is 0.298 e. The summed E-state index contributed by atoms with van der Waals surface area (Å²) in [6, 6.07) is 11.2. The third kappa shape index (κ3) is 4.20. The van der Waals surface area contributed by atoms with Crippen molar-refractivity contribution in [3.05, 3.63) is 30.3 Å². The van der Waals surface area contributed by atoms with Crippen LogP contribution in [0.25, 0.3) is 0 Å². The van der Waals surface area contributed by atoms with Gasteiger partial charge in [-0.25, -0.2) is 0 Å². The number of likely N-dealkylation sites (tertiary alicyclic amines) is 1. The molecule has 2 rings (SSSR count). The number of piperidine rings is 1. The van der Waals surface area contributed by atoms with Gasteiger partial charge in [0.15, 0.2) is 0 Å². The van der Waals surface area contributed by atoms with Gasteiger partial charge in [0.1, 0.15) is 0 Å². The molecule has 1 aliphatic rings. The molecular weight excluding hydrogens is 250 g/mol. The Labute approximate surface area is 114 Å². The van der Waals surface area contributed by atoms with E-state index in [0.717, 1.165) is 18.2 Å². The molecule has 0 bridgehead atoms. The van der Waals surface area contributed by atoms with E-state index >= 15 is 0 Å². The van der Waals surface area contributed by atoms with E-state index in [0.29, 0.717) is 6.04 Å². The van der Waals surface area contributed by atoms with Crippen molar-refractivity contribution in [3.63, 3.8) is 0 Å². The number of thioether (sulfide) groups is 1. The number of halogens is 1. The number of rotatable bonds is 5. The number of alkyl halides is 1. The van der Waals surface area contributed by atoms with Crippen molar-refractivity contribution in [2.75, 3.05) is 24.7 Å². The molecular formula is C14H20ClNS. The van der Waals surface area contributed by atoms with Crippen molar-refractivity contribution in [2.24, 2.45) is 0 Å². The van der Waals surface area contributed by atoms with Crippen molar-refractivity contribution in [3.8, 4) is 0 Å². The molecule has 0 aromatic heterocycles. The Morgan fingerprint density at radius 3 is 2.82 bits per heavy atom. The molecule has 0 spiro atoms. The zero-order chi connectivity index (χ0) is 11.9. The normalized spacial score (nSPS) is 21.6. The lowest BCUT2D eigenvalue weighted by Gasteiger charge is -2.34. The second-order valence-corrected chi connectivity index (χ2v) is 5.98. The highest BCUT2D eigenvalue weighted by molar-refractivity contribution is 7.99. The predicted molar refractivity (Wildman–Crippen MR) is 77.1 cm³/mol. The first-order valence-corrected chi connectivity index (χ1v) is 7.90. The van der Waals surface area contributed by atoms with E-state index in [1.54, 1.807) is 0 Å². The van der Waals surface area contributed by atoms with Crippen LogP contribution < -0.4 is 0 Å². The summed E-state index contributed by atoms with van der Waals surface area (Å²) in [4.78, 5) is 3.93. The molecule has 0 saturated carbocycles. The molecule has 1 fully saturated rings. The summed E-state index contributed by atoms with van der Waals surface area (Å²) < 4.78 is 0. The molecule has 17 heavy (non-hydrogen) atoms.